The number of nitrogens with one attached hydrogen (secondary N) is 1. The largest absolute Gasteiger partial charge is 0.298 e. The normalized spacial score (nSPS) is 12.1. The van der Waals surface area contributed by atoms with Crippen LogP contribution in [0.2, 0.25) is 0 Å². The second-order valence-electron chi connectivity index (χ2n) is 3.04. The van der Waals surface area contributed by atoms with Gasteiger partial charge in [0.1, 0.15) is 11.9 Å². The Hall–Kier alpha value is -1.40. The van der Waals surface area contributed by atoms with Crippen molar-refractivity contribution in [2.45, 2.75) is 19.4 Å². The topological polar surface area (TPSA) is 35.8 Å². The molecule has 0 radical (unpaired) electrons. The van der Waals surface area contributed by atoms with Gasteiger partial charge in [-0.2, -0.15) is 5.26 Å². The summed E-state index contributed by atoms with van der Waals surface area (Å²) in [5, 5.41) is 11.8. The van der Waals surface area contributed by atoms with Gasteiger partial charge in [0.2, 0.25) is 0 Å². The highest BCUT2D eigenvalue weighted by Crippen LogP contribution is 2.15. The van der Waals surface area contributed by atoms with Crippen molar-refractivity contribution in [3.63, 3.8) is 0 Å². The number of hydrogen-bond acceptors (Lipinski definition) is 2. The van der Waals surface area contributed by atoms with Crippen molar-refractivity contribution < 1.29 is 4.39 Å². The monoisotopic (exact) mass is 192 g/mol. The van der Waals surface area contributed by atoms with E-state index in [4.69, 9.17) is 5.26 Å². The Morgan fingerprint density at radius 2 is 2.21 bits per heavy atom. The summed E-state index contributed by atoms with van der Waals surface area (Å²) >= 11 is 0. The van der Waals surface area contributed by atoms with E-state index in [1.807, 2.05) is 13.0 Å². The first-order chi connectivity index (χ1) is 6.79. The van der Waals surface area contributed by atoms with Crippen LogP contribution in [0.5, 0.6) is 0 Å². The number of halogens is 1. The Morgan fingerprint density at radius 3 is 2.79 bits per heavy atom. The average molecular weight is 192 g/mol. The quantitative estimate of drug-likeness (QED) is 0.795. The summed E-state index contributed by atoms with van der Waals surface area (Å²) in [5.41, 5.74) is 0.420. The zero-order valence-corrected chi connectivity index (χ0v) is 8.13. The maximum absolute atomic E-state index is 13.3. The predicted octanol–water partition coefficient (Wildman–Crippen LogP) is 2.39. The molecule has 0 aliphatic heterocycles. The van der Waals surface area contributed by atoms with Gasteiger partial charge in [-0.1, -0.05) is 25.1 Å². The Kier molecular flexibility index (Phi) is 4.09. The number of benzene rings is 1. The first-order valence-corrected chi connectivity index (χ1v) is 4.67. The molecule has 0 heterocycles. The maximum Gasteiger partial charge on any atom is 0.129 e. The van der Waals surface area contributed by atoms with Crippen LogP contribution in [-0.2, 0) is 0 Å². The third-order valence-corrected chi connectivity index (χ3v) is 1.94. The van der Waals surface area contributed by atoms with Gasteiger partial charge in [0.25, 0.3) is 0 Å². The second-order valence-corrected chi connectivity index (χ2v) is 3.04. The average Bonchev–Trinajstić information content (AvgIpc) is 2.21. The lowest BCUT2D eigenvalue weighted by atomic mass is 10.1. The van der Waals surface area contributed by atoms with E-state index in [2.05, 4.69) is 5.32 Å². The summed E-state index contributed by atoms with van der Waals surface area (Å²) in [5.74, 6) is -0.331. The minimum Gasteiger partial charge on any atom is -0.298 e. The minimum atomic E-state index is -0.545. The highest BCUT2D eigenvalue weighted by molar-refractivity contribution is 5.25. The van der Waals surface area contributed by atoms with Crippen LogP contribution < -0.4 is 5.32 Å². The van der Waals surface area contributed by atoms with Crippen molar-refractivity contribution >= 4 is 0 Å². The lowest BCUT2D eigenvalue weighted by molar-refractivity contribution is 0.560. The van der Waals surface area contributed by atoms with Crippen molar-refractivity contribution in [2.75, 3.05) is 6.54 Å². The zero-order chi connectivity index (χ0) is 10.4. The molecule has 3 heteroatoms. The molecule has 0 bridgehead atoms. The van der Waals surface area contributed by atoms with Crippen LogP contribution in [0.1, 0.15) is 24.9 Å². The van der Waals surface area contributed by atoms with Gasteiger partial charge < -0.3 is 0 Å². The third-order valence-electron chi connectivity index (χ3n) is 1.94. The fraction of sp³-hybridized carbons (Fsp3) is 0.364. The van der Waals surface area contributed by atoms with Gasteiger partial charge in [-0.3, -0.25) is 5.32 Å². The molecule has 14 heavy (non-hydrogen) atoms. The molecule has 0 saturated heterocycles. The molecule has 0 spiro atoms. The molecule has 0 saturated carbocycles. The van der Waals surface area contributed by atoms with Gasteiger partial charge >= 0.3 is 0 Å². The summed E-state index contributed by atoms with van der Waals surface area (Å²) in [6.07, 6.45) is 0.923. The Balaban J connectivity index is 2.80. The molecule has 1 rings (SSSR count). The lowest BCUT2D eigenvalue weighted by Crippen LogP contribution is -2.21. The van der Waals surface area contributed by atoms with Gasteiger partial charge in [0.15, 0.2) is 0 Å². The molecule has 1 unspecified atom stereocenters. The van der Waals surface area contributed by atoms with Crippen molar-refractivity contribution in [3.05, 3.63) is 35.6 Å². The Morgan fingerprint density at radius 1 is 1.50 bits per heavy atom. The molecule has 2 nitrogen and oxygen atoms in total. The van der Waals surface area contributed by atoms with Gasteiger partial charge in [-0.25, -0.2) is 4.39 Å². The van der Waals surface area contributed by atoms with E-state index in [0.29, 0.717) is 12.1 Å². The van der Waals surface area contributed by atoms with E-state index in [1.165, 1.54) is 6.07 Å². The van der Waals surface area contributed by atoms with Crippen LogP contribution >= 0.6 is 0 Å². The smallest absolute Gasteiger partial charge is 0.129 e. The van der Waals surface area contributed by atoms with E-state index in [0.717, 1.165) is 6.42 Å². The zero-order valence-electron chi connectivity index (χ0n) is 8.13. The van der Waals surface area contributed by atoms with Crippen LogP contribution in [0.25, 0.3) is 0 Å². The molecule has 1 aromatic carbocycles. The molecular formula is C11H13FN2. The van der Waals surface area contributed by atoms with E-state index < -0.39 is 6.04 Å². The molecule has 1 aromatic rings. The fourth-order valence-corrected chi connectivity index (χ4v) is 1.22. The molecule has 1 atom stereocenters. The van der Waals surface area contributed by atoms with Crippen LogP contribution in [0.3, 0.4) is 0 Å². The van der Waals surface area contributed by atoms with Crippen LogP contribution in [0, 0.1) is 17.1 Å². The van der Waals surface area contributed by atoms with Gasteiger partial charge in [0.05, 0.1) is 6.07 Å². The maximum atomic E-state index is 13.3. The molecule has 0 aliphatic carbocycles. The molecule has 0 aliphatic rings. The lowest BCUT2D eigenvalue weighted by Gasteiger charge is -2.11. The summed E-state index contributed by atoms with van der Waals surface area (Å²) < 4.78 is 13.3. The Labute approximate surface area is 83.4 Å². The number of nitrogens with zero attached hydrogens (tertiary/aromatic N) is 1. The Bertz CT molecular complexity index is 330. The third kappa shape index (κ3) is 2.54. The molecule has 74 valence electrons. The van der Waals surface area contributed by atoms with Crippen molar-refractivity contribution in [1.82, 2.24) is 5.32 Å². The summed E-state index contributed by atoms with van der Waals surface area (Å²) in [6.45, 7) is 2.72. The molecule has 0 amide bonds. The van der Waals surface area contributed by atoms with Gasteiger partial charge in [0, 0.05) is 5.56 Å². The van der Waals surface area contributed by atoms with Gasteiger partial charge in [-0.15, -0.1) is 0 Å². The molecular weight excluding hydrogens is 179 g/mol. The predicted molar refractivity (Wildman–Crippen MR) is 53.0 cm³/mol. The van der Waals surface area contributed by atoms with Crippen LogP contribution in [0.15, 0.2) is 24.3 Å². The first kappa shape index (κ1) is 10.7. The van der Waals surface area contributed by atoms with Gasteiger partial charge in [-0.05, 0) is 19.0 Å². The highest BCUT2D eigenvalue weighted by atomic mass is 19.1. The van der Waals surface area contributed by atoms with E-state index >= 15 is 0 Å². The van der Waals surface area contributed by atoms with E-state index in [9.17, 15) is 4.39 Å². The fourth-order valence-electron chi connectivity index (χ4n) is 1.22. The van der Waals surface area contributed by atoms with Crippen molar-refractivity contribution in [1.29, 1.82) is 5.26 Å². The number of hydrogen-bond donors (Lipinski definition) is 1. The summed E-state index contributed by atoms with van der Waals surface area (Å²) in [6, 6.07) is 7.85. The van der Waals surface area contributed by atoms with Crippen molar-refractivity contribution in [3.8, 4) is 6.07 Å². The van der Waals surface area contributed by atoms with E-state index in [1.54, 1.807) is 18.2 Å². The van der Waals surface area contributed by atoms with Crippen molar-refractivity contribution in [2.24, 2.45) is 0 Å². The number of nitriles is 1. The highest BCUT2D eigenvalue weighted by Gasteiger charge is 2.12. The molecule has 1 N–H and O–H groups in total. The minimum absolute atomic E-state index is 0.331. The van der Waals surface area contributed by atoms with E-state index in [-0.39, 0.29) is 5.82 Å². The first-order valence-electron chi connectivity index (χ1n) is 4.67. The second kappa shape index (κ2) is 5.36. The number of rotatable bonds is 4. The molecule has 0 aromatic heterocycles. The van der Waals surface area contributed by atoms with Crippen LogP contribution in [-0.4, -0.2) is 6.54 Å². The van der Waals surface area contributed by atoms with Crippen LogP contribution in [0.4, 0.5) is 4.39 Å². The standard InChI is InChI=1S/C11H13FN2/c1-2-7-14-11(8-13)9-5-3-4-6-10(9)12/h3-6,11,14H,2,7H2,1H3. The molecule has 0 fully saturated rings. The summed E-state index contributed by atoms with van der Waals surface area (Å²) in [4.78, 5) is 0. The summed E-state index contributed by atoms with van der Waals surface area (Å²) in [7, 11) is 0. The SMILES string of the molecule is CCCNC(C#N)c1ccccc1F.